The van der Waals surface area contributed by atoms with Crippen molar-refractivity contribution in [2.24, 2.45) is 0 Å². The molecule has 0 aliphatic rings. The number of carboxylic acid groups (broad SMARTS) is 1. The van der Waals surface area contributed by atoms with Gasteiger partial charge in [-0.3, -0.25) is 0 Å². The van der Waals surface area contributed by atoms with E-state index in [1.807, 2.05) is 6.92 Å². The minimum Gasteiger partial charge on any atom is -0.508 e. The first kappa shape index (κ1) is 31.0. The van der Waals surface area contributed by atoms with Crippen LogP contribution >= 0.6 is 0 Å². The zero-order valence-corrected chi connectivity index (χ0v) is 22.4. The van der Waals surface area contributed by atoms with Gasteiger partial charge in [0, 0.05) is 11.1 Å². The summed E-state index contributed by atoms with van der Waals surface area (Å²) in [5.41, 5.74) is 5.84. The molecule has 0 atom stereocenters. The molecule has 0 saturated carbocycles. The number of rotatable bonds is 16. The summed E-state index contributed by atoms with van der Waals surface area (Å²) < 4.78 is 0. The Bertz CT molecular complexity index is 992. The molecular formula is C31H44O5. The largest absolute Gasteiger partial charge is 0.508 e. The van der Waals surface area contributed by atoms with Gasteiger partial charge < -0.3 is 20.4 Å². The first-order chi connectivity index (χ1) is 17.1. The van der Waals surface area contributed by atoms with E-state index < -0.39 is 5.97 Å². The highest BCUT2D eigenvalue weighted by Crippen LogP contribution is 2.23. The van der Waals surface area contributed by atoms with Crippen LogP contribution in [-0.4, -0.2) is 33.0 Å². The van der Waals surface area contributed by atoms with Crippen molar-refractivity contribution in [2.45, 2.75) is 85.5 Å². The maximum absolute atomic E-state index is 11.6. The summed E-state index contributed by atoms with van der Waals surface area (Å²) in [6, 6.07) is 4.24. The summed E-state index contributed by atoms with van der Waals surface area (Å²) in [5, 5.41) is 38.0. The number of phenolic OH excluding ortho intramolecular Hbond substituents is 2. The molecule has 1 aromatic carbocycles. The number of hydrogen-bond acceptors (Lipinski definition) is 4. The molecule has 0 saturated heterocycles. The van der Waals surface area contributed by atoms with Crippen molar-refractivity contribution < 1.29 is 25.2 Å². The second-order valence-electron chi connectivity index (χ2n) is 9.57. The van der Waals surface area contributed by atoms with Gasteiger partial charge in [-0.1, -0.05) is 52.7 Å². The monoisotopic (exact) mass is 496 g/mol. The summed E-state index contributed by atoms with van der Waals surface area (Å²) in [7, 11) is 0. The van der Waals surface area contributed by atoms with Gasteiger partial charge in [0.1, 0.15) is 11.5 Å². The highest BCUT2D eigenvalue weighted by Gasteiger charge is 2.08. The minimum absolute atomic E-state index is 0.0422. The van der Waals surface area contributed by atoms with Crippen LogP contribution < -0.4 is 0 Å². The average Bonchev–Trinajstić information content (AvgIpc) is 2.82. The van der Waals surface area contributed by atoms with E-state index in [0.29, 0.717) is 24.0 Å². The molecule has 0 heterocycles. The average molecular weight is 497 g/mol. The molecule has 0 radical (unpaired) electrons. The van der Waals surface area contributed by atoms with E-state index in [1.165, 1.54) is 34.9 Å². The number of aromatic hydroxyl groups is 2. The van der Waals surface area contributed by atoms with Gasteiger partial charge in [0.2, 0.25) is 0 Å². The molecule has 198 valence electrons. The smallest absolute Gasteiger partial charge is 0.331 e. The normalized spacial score (nSPS) is 13.9. The summed E-state index contributed by atoms with van der Waals surface area (Å²) in [6.45, 7) is 8.50. The van der Waals surface area contributed by atoms with Crippen molar-refractivity contribution in [3.63, 3.8) is 0 Å². The van der Waals surface area contributed by atoms with E-state index in [9.17, 15) is 20.1 Å². The molecule has 1 aromatic rings. The predicted octanol–water partition coefficient (Wildman–Crippen LogP) is 7.55. The molecule has 0 aliphatic heterocycles. The molecule has 0 aromatic heterocycles. The molecule has 0 bridgehead atoms. The highest BCUT2D eigenvalue weighted by molar-refractivity contribution is 5.86. The van der Waals surface area contributed by atoms with Crippen molar-refractivity contribution in [3.8, 4) is 11.5 Å². The van der Waals surface area contributed by atoms with Crippen molar-refractivity contribution in [1.82, 2.24) is 0 Å². The van der Waals surface area contributed by atoms with E-state index in [4.69, 9.17) is 5.11 Å². The van der Waals surface area contributed by atoms with E-state index in [0.717, 1.165) is 44.1 Å². The van der Waals surface area contributed by atoms with Gasteiger partial charge in [-0.25, -0.2) is 4.79 Å². The lowest BCUT2D eigenvalue weighted by Gasteiger charge is -2.05. The van der Waals surface area contributed by atoms with Crippen LogP contribution in [0.2, 0.25) is 0 Å². The molecule has 0 fully saturated rings. The third kappa shape index (κ3) is 13.7. The number of aliphatic carboxylic acids is 1. The molecule has 0 amide bonds. The van der Waals surface area contributed by atoms with E-state index in [2.05, 4.69) is 45.1 Å². The molecule has 36 heavy (non-hydrogen) atoms. The van der Waals surface area contributed by atoms with Crippen molar-refractivity contribution in [1.29, 1.82) is 0 Å². The Morgan fingerprint density at radius 2 is 1.19 bits per heavy atom. The summed E-state index contributed by atoms with van der Waals surface area (Å²) in [4.78, 5) is 11.6. The Morgan fingerprint density at radius 1 is 0.722 bits per heavy atom. The molecule has 1 rings (SSSR count). The number of benzene rings is 1. The summed E-state index contributed by atoms with van der Waals surface area (Å²) in [5.74, 6) is -0.874. The van der Waals surface area contributed by atoms with Crippen LogP contribution in [0.1, 0.15) is 84.6 Å². The Balaban J connectivity index is 2.43. The fourth-order valence-corrected chi connectivity index (χ4v) is 3.75. The lowest BCUT2D eigenvalue weighted by atomic mass is 10.0. The first-order valence-corrected chi connectivity index (χ1v) is 12.8. The van der Waals surface area contributed by atoms with Crippen molar-refractivity contribution in [3.05, 3.63) is 82.0 Å². The maximum Gasteiger partial charge on any atom is 0.331 e. The van der Waals surface area contributed by atoms with Gasteiger partial charge >= 0.3 is 5.97 Å². The van der Waals surface area contributed by atoms with Crippen molar-refractivity contribution >= 4 is 5.97 Å². The number of hydrogen-bond donors (Lipinski definition) is 4. The second kappa shape index (κ2) is 17.4. The zero-order valence-electron chi connectivity index (χ0n) is 22.4. The van der Waals surface area contributed by atoms with Crippen LogP contribution in [0.5, 0.6) is 11.5 Å². The molecule has 5 heteroatoms. The van der Waals surface area contributed by atoms with E-state index in [1.54, 1.807) is 6.08 Å². The molecule has 4 N–H and O–H groups in total. The Labute approximate surface area is 216 Å². The standard InChI is InChI=1S/C31H44O5/c1-23(9-5-11-24(2)13-7-15-26(4)22-32)10-6-12-25(3)14-8-16-27(31(35)36)17-18-28-21-29(33)19-20-30(28)34/h10-11,14-15,17,19-21,32-34H,5-9,12-13,16,18,22H2,1-4H3,(H,35,36). The number of phenols is 2. The van der Waals surface area contributed by atoms with Gasteiger partial charge in [-0.15, -0.1) is 0 Å². The van der Waals surface area contributed by atoms with E-state index in [-0.39, 0.29) is 24.5 Å². The molecule has 5 nitrogen and oxygen atoms in total. The van der Waals surface area contributed by atoms with Gasteiger partial charge in [0.25, 0.3) is 0 Å². The quantitative estimate of drug-likeness (QED) is 0.108. The van der Waals surface area contributed by atoms with Gasteiger partial charge in [0.15, 0.2) is 0 Å². The van der Waals surface area contributed by atoms with Crippen LogP contribution in [0.15, 0.2) is 76.4 Å². The molecule has 0 spiro atoms. The number of carbonyl (C=O) groups is 1. The fourth-order valence-electron chi connectivity index (χ4n) is 3.75. The van der Waals surface area contributed by atoms with Crippen LogP contribution in [-0.2, 0) is 11.2 Å². The maximum atomic E-state index is 11.6. The third-order valence-corrected chi connectivity index (χ3v) is 6.16. The number of aliphatic hydroxyl groups is 1. The number of carboxylic acids is 1. The SMILES string of the molecule is CC(=CCCC(C)=CCCC(C)=CCCC(C)=CCCC(=CCc1cc(O)ccc1O)C(=O)O)CO. The Morgan fingerprint density at radius 3 is 1.67 bits per heavy atom. The number of allylic oxidation sites excluding steroid dienone is 8. The van der Waals surface area contributed by atoms with Crippen molar-refractivity contribution in [2.75, 3.05) is 6.61 Å². The predicted molar refractivity (Wildman–Crippen MR) is 148 cm³/mol. The fraction of sp³-hybridized carbons (Fsp3) is 0.452. The van der Waals surface area contributed by atoms with Crippen LogP contribution in [0, 0.1) is 0 Å². The molecule has 0 unspecified atom stereocenters. The number of aliphatic hydroxyl groups excluding tert-OH is 1. The first-order valence-electron chi connectivity index (χ1n) is 12.8. The Kier molecular flexibility index (Phi) is 15.0. The van der Waals surface area contributed by atoms with Crippen LogP contribution in [0.25, 0.3) is 0 Å². The van der Waals surface area contributed by atoms with Crippen LogP contribution in [0.3, 0.4) is 0 Å². The lowest BCUT2D eigenvalue weighted by Crippen LogP contribution is -2.01. The highest BCUT2D eigenvalue weighted by atomic mass is 16.4. The van der Waals surface area contributed by atoms with Gasteiger partial charge in [0.05, 0.1) is 6.61 Å². The topological polar surface area (TPSA) is 98.0 Å². The second-order valence-corrected chi connectivity index (χ2v) is 9.57. The lowest BCUT2D eigenvalue weighted by molar-refractivity contribution is -0.132. The van der Waals surface area contributed by atoms with Gasteiger partial charge in [-0.05, 0) is 104 Å². The van der Waals surface area contributed by atoms with Crippen LogP contribution in [0.4, 0.5) is 0 Å². The summed E-state index contributed by atoms with van der Waals surface area (Å²) in [6.07, 6.45) is 17.7. The van der Waals surface area contributed by atoms with E-state index >= 15 is 0 Å². The zero-order chi connectivity index (χ0) is 26.9. The minimum atomic E-state index is -0.958. The third-order valence-electron chi connectivity index (χ3n) is 6.16. The summed E-state index contributed by atoms with van der Waals surface area (Å²) >= 11 is 0. The Hall–Kier alpha value is -3.05. The molecular weight excluding hydrogens is 452 g/mol. The molecule has 0 aliphatic carbocycles. The van der Waals surface area contributed by atoms with Gasteiger partial charge in [-0.2, -0.15) is 0 Å².